The number of fused-ring (bicyclic) bond motifs is 1. The van der Waals surface area contributed by atoms with E-state index in [2.05, 4.69) is 21.3 Å². The second-order valence-corrected chi connectivity index (χ2v) is 23.4. The lowest BCUT2D eigenvalue weighted by molar-refractivity contribution is -0.148. The van der Waals surface area contributed by atoms with Gasteiger partial charge in [-0.1, -0.05) is 118 Å². The van der Waals surface area contributed by atoms with Crippen LogP contribution in [0.25, 0.3) is 0 Å². The molecule has 6 rings (SSSR count). The summed E-state index contributed by atoms with van der Waals surface area (Å²) in [5, 5.41) is 50.0. The normalized spacial score (nSPS) is 17.4. The molecule has 0 aliphatic carbocycles. The second kappa shape index (κ2) is 32.9. The molecule has 12 N–H and O–H groups in total. The molecule has 23 heteroatoms. The molecule has 2 aliphatic heterocycles. The molecule has 0 spiro atoms. The number of Topliss-reactive ketones (excluding diaryl/α,β-unsaturated/α-hetero) is 3. The zero-order chi connectivity index (χ0) is 64.2. The lowest BCUT2D eigenvalue weighted by atomic mass is 9.89. The highest BCUT2D eigenvalue weighted by Crippen LogP contribution is 2.28. The highest BCUT2D eigenvalue weighted by Gasteiger charge is 2.42. The molecular weight excluding hydrogens is 1130 g/mol. The average Bonchev–Trinajstić information content (AvgIpc) is 4.16. The number of hydrogen-bond donors (Lipinski definition) is 10. The van der Waals surface area contributed by atoms with Gasteiger partial charge in [0.2, 0.25) is 41.4 Å². The van der Waals surface area contributed by atoms with Crippen LogP contribution < -0.4 is 32.7 Å². The van der Waals surface area contributed by atoms with Crippen molar-refractivity contribution in [3.05, 3.63) is 137 Å². The topological polar surface area (TPSA) is 375 Å². The summed E-state index contributed by atoms with van der Waals surface area (Å²) < 4.78 is 0. The van der Waals surface area contributed by atoms with Crippen LogP contribution in [0.15, 0.2) is 109 Å². The molecule has 88 heavy (non-hydrogen) atoms. The van der Waals surface area contributed by atoms with Crippen LogP contribution in [0.5, 0.6) is 5.75 Å². The van der Waals surface area contributed by atoms with Crippen LogP contribution in [-0.2, 0) is 85.0 Å². The standard InChI is InChI=1S/C65H82N8O15/c1-38(2)27-50(69-60(82)46(29-40-13-6-4-7-14-40)34-55(77)48(66)30-42-20-23-47(76)24-21-42)64(86)72-26-12-19-53(72)61(83)70-51(36-74)57(79)33-44(22-25-58(67)80)59(81)68-49(31-41-15-8-5-9-16-41)56(78)28-39(3)63(85)73-35-45-18-11-10-17-43(45)32-54(73)62(84)71-52(37-75)65(87)88/h4-11,13-18,20-21,23-24,38-39,44,46,48-54,74-76H,12,19,22,25-37,66H2,1-3H3,(H2,67,80)(H,68,81)(H,69,82)(H,70,83)(H,71,84)(H,87,88)/t39-,44+,46+,48+,49-,50-,51+,52-,53-,54-/m0/s1. The number of hydrogen-bond acceptors (Lipinski definition) is 15. The molecule has 23 nitrogen and oxygen atoms in total. The molecule has 0 unspecified atom stereocenters. The van der Waals surface area contributed by atoms with Gasteiger partial charge in [-0.2, -0.15) is 0 Å². The van der Waals surface area contributed by atoms with Crippen molar-refractivity contribution in [2.45, 2.75) is 147 Å². The fourth-order valence-corrected chi connectivity index (χ4v) is 11.2. The Morgan fingerprint density at radius 3 is 1.70 bits per heavy atom. The first-order valence-corrected chi connectivity index (χ1v) is 29.8. The van der Waals surface area contributed by atoms with Crippen LogP contribution in [0, 0.1) is 23.7 Å². The monoisotopic (exact) mass is 1210 g/mol. The van der Waals surface area contributed by atoms with E-state index in [1.54, 1.807) is 78.9 Å². The van der Waals surface area contributed by atoms with E-state index >= 15 is 0 Å². The zero-order valence-electron chi connectivity index (χ0n) is 49.9. The number of aliphatic carboxylic acids is 1. The minimum Gasteiger partial charge on any atom is -0.508 e. The molecule has 2 heterocycles. The van der Waals surface area contributed by atoms with Crippen molar-refractivity contribution in [3.8, 4) is 5.75 Å². The molecular formula is C65H82N8O15. The highest BCUT2D eigenvalue weighted by molar-refractivity contribution is 5.99. The van der Waals surface area contributed by atoms with Gasteiger partial charge in [-0.05, 0) is 90.8 Å². The summed E-state index contributed by atoms with van der Waals surface area (Å²) in [6.07, 6.45) is -1.14. The van der Waals surface area contributed by atoms with Crippen molar-refractivity contribution >= 4 is 64.7 Å². The molecule has 0 saturated carbocycles. The van der Waals surface area contributed by atoms with Crippen LogP contribution in [0.2, 0.25) is 0 Å². The Bertz CT molecular complexity index is 3110. The summed E-state index contributed by atoms with van der Waals surface area (Å²) in [5.41, 5.74) is 15.4. The number of nitrogens with one attached hydrogen (secondary N) is 4. The predicted molar refractivity (Wildman–Crippen MR) is 322 cm³/mol. The Morgan fingerprint density at radius 1 is 0.568 bits per heavy atom. The predicted octanol–water partition coefficient (Wildman–Crippen LogP) is 1.76. The van der Waals surface area contributed by atoms with E-state index in [4.69, 9.17) is 11.5 Å². The molecule has 0 aromatic heterocycles. The van der Waals surface area contributed by atoms with Crippen molar-refractivity contribution in [2.24, 2.45) is 35.1 Å². The van der Waals surface area contributed by atoms with Crippen molar-refractivity contribution in [1.82, 2.24) is 31.1 Å². The van der Waals surface area contributed by atoms with Gasteiger partial charge in [0, 0.05) is 62.9 Å². The smallest absolute Gasteiger partial charge is 0.328 e. The van der Waals surface area contributed by atoms with Gasteiger partial charge in [0.15, 0.2) is 17.3 Å². The number of carboxylic acid groups (broad SMARTS) is 1. The fourth-order valence-electron chi connectivity index (χ4n) is 11.2. The maximum absolute atomic E-state index is 14.6. The van der Waals surface area contributed by atoms with Gasteiger partial charge in [0.05, 0.1) is 25.3 Å². The lowest BCUT2D eigenvalue weighted by Crippen LogP contribution is -2.57. The maximum atomic E-state index is 14.6. The molecule has 7 amide bonds. The van der Waals surface area contributed by atoms with Crippen LogP contribution in [0.1, 0.15) is 100.0 Å². The van der Waals surface area contributed by atoms with Crippen LogP contribution in [0.3, 0.4) is 0 Å². The Morgan fingerprint density at radius 2 is 1.10 bits per heavy atom. The third-order valence-electron chi connectivity index (χ3n) is 16.1. The number of primary amides is 1. The van der Waals surface area contributed by atoms with Gasteiger partial charge in [-0.25, -0.2) is 4.79 Å². The number of carbonyl (C=O) groups is 11. The van der Waals surface area contributed by atoms with E-state index in [0.717, 1.165) is 16.7 Å². The number of aliphatic hydroxyl groups excluding tert-OH is 2. The fraction of sp³-hybridized carbons (Fsp3) is 0.462. The molecule has 4 aromatic rings. The van der Waals surface area contributed by atoms with Crippen LogP contribution >= 0.6 is 0 Å². The molecule has 1 saturated heterocycles. The number of likely N-dealkylation sites (tertiary alicyclic amines) is 1. The molecule has 2 aliphatic rings. The summed E-state index contributed by atoms with van der Waals surface area (Å²) in [6, 6.07) is 21.9. The Labute approximate surface area is 511 Å². The number of phenols is 1. The molecule has 0 radical (unpaired) electrons. The third kappa shape index (κ3) is 19.7. The number of rotatable bonds is 33. The summed E-state index contributed by atoms with van der Waals surface area (Å²) in [5.74, 6) is -11.9. The largest absolute Gasteiger partial charge is 0.508 e. The minimum absolute atomic E-state index is 0.00919. The Kier molecular flexibility index (Phi) is 25.6. The summed E-state index contributed by atoms with van der Waals surface area (Å²) in [4.78, 5) is 154. The number of carbonyl (C=O) groups excluding carboxylic acids is 10. The third-order valence-corrected chi connectivity index (χ3v) is 16.1. The van der Waals surface area contributed by atoms with E-state index in [-0.39, 0.29) is 88.3 Å². The van der Waals surface area contributed by atoms with Crippen LogP contribution in [0.4, 0.5) is 0 Å². The first-order chi connectivity index (χ1) is 42.0. The molecule has 472 valence electrons. The summed E-state index contributed by atoms with van der Waals surface area (Å²) in [6.45, 7) is 3.38. The van der Waals surface area contributed by atoms with Crippen molar-refractivity contribution < 1.29 is 73.2 Å². The quantitative estimate of drug-likeness (QED) is 0.0325. The lowest BCUT2D eigenvalue weighted by Gasteiger charge is -2.38. The number of nitrogens with zero attached hydrogens (tertiary/aromatic N) is 2. The highest BCUT2D eigenvalue weighted by atomic mass is 16.4. The van der Waals surface area contributed by atoms with Gasteiger partial charge in [0.25, 0.3) is 0 Å². The van der Waals surface area contributed by atoms with Gasteiger partial charge >= 0.3 is 5.97 Å². The Balaban J connectivity index is 1.14. The number of aliphatic hydroxyl groups is 2. The van der Waals surface area contributed by atoms with E-state index < -0.39 is 145 Å². The molecule has 10 atom stereocenters. The zero-order valence-corrected chi connectivity index (χ0v) is 49.9. The number of nitrogens with two attached hydrogens (primary N) is 2. The first-order valence-electron chi connectivity index (χ1n) is 29.8. The number of ketones is 3. The van der Waals surface area contributed by atoms with Gasteiger partial charge in [-0.15, -0.1) is 0 Å². The van der Waals surface area contributed by atoms with E-state index in [1.807, 2.05) is 32.0 Å². The van der Waals surface area contributed by atoms with E-state index in [0.29, 0.717) is 17.5 Å². The number of benzene rings is 4. The van der Waals surface area contributed by atoms with Gasteiger partial charge in [0.1, 0.15) is 36.0 Å². The minimum atomic E-state index is -1.65. The maximum Gasteiger partial charge on any atom is 0.328 e. The van der Waals surface area contributed by atoms with E-state index in [9.17, 15) is 73.2 Å². The Hall–Kier alpha value is -8.67. The molecule has 1 fully saturated rings. The number of amides is 7. The van der Waals surface area contributed by atoms with Crippen molar-refractivity contribution in [2.75, 3.05) is 19.8 Å². The first kappa shape index (κ1) is 68.4. The number of aromatic hydroxyl groups is 1. The van der Waals surface area contributed by atoms with E-state index in [1.165, 1.54) is 28.9 Å². The SMILES string of the molecule is CC(C)C[C@H](NC(=O)[C@@H](CC(=O)[C@H](N)Cc1ccc(O)cc1)Cc1ccccc1)C(=O)N1CCC[C@H]1C(=O)N[C@H](CO)C(=O)C[C@@H](CCC(N)=O)C(=O)N[C@@H](Cc1ccccc1)C(=O)C[C@H](C)C(=O)N1Cc2ccccc2C[C@H]1C(=O)N[C@@H](CO)C(=O)O. The van der Waals surface area contributed by atoms with Gasteiger partial charge in [-0.3, -0.25) is 47.9 Å². The molecule has 4 aromatic carbocycles. The van der Waals surface area contributed by atoms with Crippen LogP contribution in [-0.4, -0.2) is 157 Å². The number of carboxylic acids is 1. The van der Waals surface area contributed by atoms with Crippen molar-refractivity contribution in [3.63, 3.8) is 0 Å². The second-order valence-electron chi connectivity index (χ2n) is 23.4. The number of phenolic OH excluding ortho intramolecular Hbond substituents is 1. The van der Waals surface area contributed by atoms with Gasteiger partial charge < -0.3 is 63.0 Å². The average molecular weight is 1220 g/mol. The molecule has 0 bridgehead atoms. The summed E-state index contributed by atoms with van der Waals surface area (Å²) >= 11 is 0. The van der Waals surface area contributed by atoms with Crippen molar-refractivity contribution in [1.29, 1.82) is 0 Å². The summed E-state index contributed by atoms with van der Waals surface area (Å²) in [7, 11) is 0.